The van der Waals surface area contributed by atoms with Gasteiger partial charge in [0.05, 0.1) is 0 Å². The molecule has 0 spiro atoms. The van der Waals surface area contributed by atoms with Crippen LogP contribution in [0.3, 0.4) is 0 Å². The first-order valence-electron chi connectivity index (χ1n) is 10.0. The standard InChI is InChI=1S/C20H38N2O4.2H2/c1-5-17(4)15-20(25)22-12-8-14-26-13-7-11-21-19(24)10-6-9-18(23)16(2)3;;/h16-17H,5-15H2,1-4H3,(H,21,24)(H,22,25);2*1H. The number of carbonyl (C=O) groups excluding carboxylic acids is 3. The zero-order valence-corrected chi connectivity index (χ0v) is 17.1. The van der Waals surface area contributed by atoms with Crippen molar-refractivity contribution in [3.63, 3.8) is 0 Å². The summed E-state index contributed by atoms with van der Waals surface area (Å²) in [6, 6.07) is 0. The van der Waals surface area contributed by atoms with Crippen molar-refractivity contribution < 1.29 is 22.0 Å². The van der Waals surface area contributed by atoms with Gasteiger partial charge in [0.15, 0.2) is 0 Å². The van der Waals surface area contributed by atoms with Crippen molar-refractivity contribution in [2.75, 3.05) is 26.3 Å². The van der Waals surface area contributed by atoms with Gasteiger partial charge in [-0.05, 0) is 25.2 Å². The normalized spacial score (nSPS) is 12.0. The van der Waals surface area contributed by atoms with Crippen LogP contribution in [0.1, 0.15) is 75.5 Å². The van der Waals surface area contributed by atoms with Crippen molar-refractivity contribution in [1.29, 1.82) is 0 Å². The van der Waals surface area contributed by atoms with Crippen LogP contribution in [0.15, 0.2) is 0 Å². The van der Waals surface area contributed by atoms with E-state index in [1.54, 1.807) is 0 Å². The second-order valence-electron chi connectivity index (χ2n) is 7.21. The lowest BCUT2D eigenvalue weighted by Gasteiger charge is -2.09. The van der Waals surface area contributed by atoms with Crippen molar-refractivity contribution >= 4 is 17.6 Å². The van der Waals surface area contributed by atoms with Crippen LogP contribution in [0.25, 0.3) is 0 Å². The Morgan fingerprint density at radius 2 is 1.46 bits per heavy atom. The zero-order chi connectivity index (χ0) is 19.8. The molecule has 0 aromatic heterocycles. The van der Waals surface area contributed by atoms with Crippen LogP contribution in [0.2, 0.25) is 0 Å². The molecule has 1 unspecified atom stereocenters. The first-order valence-corrected chi connectivity index (χ1v) is 10.0. The number of carbonyl (C=O) groups is 3. The molecule has 156 valence electrons. The lowest BCUT2D eigenvalue weighted by atomic mass is 10.0. The summed E-state index contributed by atoms with van der Waals surface area (Å²) in [5, 5.41) is 5.74. The van der Waals surface area contributed by atoms with E-state index in [0.29, 0.717) is 57.9 Å². The van der Waals surface area contributed by atoms with Crippen LogP contribution in [0.5, 0.6) is 0 Å². The monoisotopic (exact) mass is 374 g/mol. The largest absolute Gasteiger partial charge is 0.381 e. The average Bonchev–Trinajstić information content (AvgIpc) is 2.59. The van der Waals surface area contributed by atoms with E-state index in [2.05, 4.69) is 24.5 Å². The van der Waals surface area contributed by atoms with Gasteiger partial charge in [0, 0.05) is 54.3 Å². The fourth-order valence-corrected chi connectivity index (χ4v) is 2.24. The summed E-state index contributed by atoms with van der Waals surface area (Å²) in [6.45, 7) is 10.3. The van der Waals surface area contributed by atoms with Gasteiger partial charge in [-0.15, -0.1) is 0 Å². The molecule has 0 radical (unpaired) electrons. The van der Waals surface area contributed by atoms with Gasteiger partial charge in [-0.2, -0.15) is 0 Å². The second-order valence-corrected chi connectivity index (χ2v) is 7.21. The van der Waals surface area contributed by atoms with Gasteiger partial charge in [0.2, 0.25) is 11.8 Å². The Labute approximate surface area is 161 Å². The highest BCUT2D eigenvalue weighted by atomic mass is 16.5. The van der Waals surface area contributed by atoms with Crippen LogP contribution < -0.4 is 10.6 Å². The Balaban J connectivity index is -0.00000312. The van der Waals surface area contributed by atoms with Crippen molar-refractivity contribution in [2.24, 2.45) is 11.8 Å². The molecule has 6 nitrogen and oxygen atoms in total. The molecule has 1 atom stereocenters. The van der Waals surface area contributed by atoms with E-state index in [-0.39, 0.29) is 26.4 Å². The van der Waals surface area contributed by atoms with Crippen LogP contribution >= 0.6 is 0 Å². The number of ketones is 1. The summed E-state index contributed by atoms with van der Waals surface area (Å²) < 4.78 is 5.49. The number of hydrogen-bond acceptors (Lipinski definition) is 4. The van der Waals surface area contributed by atoms with E-state index >= 15 is 0 Å². The van der Waals surface area contributed by atoms with Crippen molar-refractivity contribution in [1.82, 2.24) is 10.6 Å². The molecule has 0 heterocycles. The molecule has 0 aliphatic heterocycles. The Morgan fingerprint density at radius 1 is 0.885 bits per heavy atom. The number of ether oxygens (including phenoxy) is 1. The average molecular weight is 375 g/mol. The van der Waals surface area contributed by atoms with Crippen LogP contribution in [0.4, 0.5) is 0 Å². The summed E-state index contributed by atoms with van der Waals surface area (Å²) >= 11 is 0. The van der Waals surface area contributed by atoms with Gasteiger partial charge in [-0.25, -0.2) is 0 Å². The van der Waals surface area contributed by atoms with Gasteiger partial charge in [-0.1, -0.05) is 34.1 Å². The highest BCUT2D eigenvalue weighted by molar-refractivity contribution is 5.81. The molecule has 0 bridgehead atoms. The minimum absolute atomic E-state index is 0. The summed E-state index contributed by atoms with van der Waals surface area (Å²) in [5.41, 5.74) is 0. The minimum Gasteiger partial charge on any atom is -0.381 e. The van der Waals surface area contributed by atoms with Crippen molar-refractivity contribution in [2.45, 2.75) is 72.6 Å². The molecular weight excluding hydrogens is 332 g/mol. The van der Waals surface area contributed by atoms with E-state index in [9.17, 15) is 14.4 Å². The summed E-state index contributed by atoms with van der Waals surface area (Å²) in [7, 11) is 0. The Hall–Kier alpha value is -1.43. The predicted octanol–water partition coefficient (Wildman–Crippen LogP) is 3.34. The molecule has 0 fully saturated rings. The van der Waals surface area contributed by atoms with Gasteiger partial charge in [-0.3, -0.25) is 14.4 Å². The summed E-state index contributed by atoms with van der Waals surface area (Å²) in [4.78, 5) is 34.7. The number of nitrogens with one attached hydrogen (secondary N) is 2. The highest BCUT2D eigenvalue weighted by Gasteiger charge is 2.08. The third kappa shape index (κ3) is 14.9. The number of Topliss-reactive ketones (excluding diaryl/α,β-unsaturated/α-hetero) is 1. The summed E-state index contributed by atoms with van der Waals surface area (Å²) in [5.74, 6) is 0.783. The van der Waals surface area contributed by atoms with E-state index in [1.807, 2.05) is 13.8 Å². The van der Waals surface area contributed by atoms with Crippen LogP contribution in [-0.4, -0.2) is 43.9 Å². The molecule has 0 aliphatic carbocycles. The fourth-order valence-electron chi connectivity index (χ4n) is 2.24. The van der Waals surface area contributed by atoms with E-state index in [1.165, 1.54) is 0 Å². The Bertz CT molecular complexity index is 421. The van der Waals surface area contributed by atoms with E-state index in [0.717, 1.165) is 19.3 Å². The van der Waals surface area contributed by atoms with Gasteiger partial charge < -0.3 is 15.4 Å². The van der Waals surface area contributed by atoms with E-state index < -0.39 is 0 Å². The third-order valence-corrected chi connectivity index (χ3v) is 4.28. The minimum atomic E-state index is -0.00873. The third-order valence-electron chi connectivity index (χ3n) is 4.28. The molecule has 0 aromatic carbocycles. The molecule has 6 heteroatoms. The zero-order valence-electron chi connectivity index (χ0n) is 17.1. The molecule has 0 saturated carbocycles. The maximum absolute atomic E-state index is 11.6. The second kappa shape index (κ2) is 15.8. The lowest BCUT2D eigenvalue weighted by Crippen LogP contribution is -2.27. The molecule has 0 saturated heterocycles. The van der Waals surface area contributed by atoms with Gasteiger partial charge >= 0.3 is 0 Å². The fraction of sp³-hybridized carbons (Fsp3) is 0.850. The van der Waals surface area contributed by atoms with Crippen molar-refractivity contribution in [3.8, 4) is 0 Å². The molecule has 26 heavy (non-hydrogen) atoms. The topological polar surface area (TPSA) is 84.5 Å². The molecule has 2 amide bonds. The van der Waals surface area contributed by atoms with E-state index in [4.69, 9.17) is 4.74 Å². The Kier molecular flexibility index (Phi) is 14.9. The Morgan fingerprint density at radius 3 is 2.00 bits per heavy atom. The molecule has 0 aromatic rings. The van der Waals surface area contributed by atoms with Crippen molar-refractivity contribution in [3.05, 3.63) is 0 Å². The molecule has 0 rings (SSSR count). The van der Waals surface area contributed by atoms with Crippen LogP contribution in [-0.2, 0) is 19.1 Å². The smallest absolute Gasteiger partial charge is 0.220 e. The van der Waals surface area contributed by atoms with Gasteiger partial charge in [0.1, 0.15) is 5.78 Å². The molecular formula is C20H42N2O4. The lowest BCUT2D eigenvalue weighted by molar-refractivity contribution is -0.123. The maximum Gasteiger partial charge on any atom is 0.220 e. The first kappa shape index (κ1) is 24.6. The molecule has 2 N–H and O–H groups in total. The number of hydrogen-bond donors (Lipinski definition) is 2. The first-order chi connectivity index (χ1) is 12.4. The number of rotatable bonds is 16. The maximum atomic E-state index is 11.6. The van der Waals surface area contributed by atoms with Crippen LogP contribution in [0, 0.1) is 11.8 Å². The quantitative estimate of drug-likeness (QED) is 0.406. The van der Waals surface area contributed by atoms with Gasteiger partial charge in [0.25, 0.3) is 0 Å². The molecule has 0 aliphatic rings. The number of amides is 2. The highest BCUT2D eigenvalue weighted by Crippen LogP contribution is 2.05. The predicted molar refractivity (Wildman–Crippen MR) is 108 cm³/mol. The SMILES string of the molecule is CCC(C)CC(=O)NCCCOCCCNC(=O)CCCC(=O)C(C)C.[HH].[HH]. The summed E-state index contributed by atoms with van der Waals surface area (Å²) in [6.07, 6.45) is 4.64.